The highest BCUT2D eigenvalue weighted by Crippen LogP contribution is 2.21. The zero-order valence-corrected chi connectivity index (χ0v) is 11.8. The lowest BCUT2D eigenvalue weighted by molar-refractivity contribution is 0.294. The Morgan fingerprint density at radius 3 is 2.74 bits per heavy atom. The second-order valence-corrected chi connectivity index (χ2v) is 5.28. The summed E-state index contributed by atoms with van der Waals surface area (Å²) in [5, 5.41) is 3.67. The van der Waals surface area contributed by atoms with Gasteiger partial charge in [0.1, 0.15) is 11.5 Å². The van der Waals surface area contributed by atoms with Crippen molar-refractivity contribution in [1.29, 1.82) is 0 Å². The Hall–Kier alpha value is -1.77. The summed E-state index contributed by atoms with van der Waals surface area (Å²) >= 11 is 0. The molecule has 0 amide bonds. The highest BCUT2D eigenvalue weighted by atomic mass is 16.5. The number of benzene rings is 1. The van der Waals surface area contributed by atoms with Crippen LogP contribution in [0.2, 0.25) is 0 Å². The standard InChI is InChI=1S/C16H21NO2/c1-12(2)10-14-4-5-16(13(3)11-14)18-9-7-15-6-8-17-19-15/h4-6,8,11-12H,7,9-10H2,1-3H3. The number of hydrogen-bond acceptors (Lipinski definition) is 3. The van der Waals surface area contributed by atoms with Gasteiger partial charge < -0.3 is 9.26 Å². The Morgan fingerprint density at radius 2 is 2.11 bits per heavy atom. The Bertz CT molecular complexity index is 503. The van der Waals surface area contributed by atoms with Crippen molar-refractivity contribution in [2.24, 2.45) is 5.92 Å². The first-order valence-electron chi connectivity index (χ1n) is 6.77. The Kier molecular flexibility index (Phi) is 4.61. The molecule has 0 saturated carbocycles. The van der Waals surface area contributed by atoms with Crippen LogP contribution in [0, 0.1) is 12.8 Å². The number of nitrogens with zero attached hydrogens (tertiary/aromatic N) is 1. The number of aromatic nitrogens is 1. The maximum atomic E-state index is 5.78. The minimum Gasteiger partial charge on any atom is -0.493 e. The number of hydrogen-bond donors (Lipinski definition) is 0. The van der Waals surface area contributed by atoms with Crippen LogP contribution in [-0.4, -0.2) is 11.8 Å². The molecule has 0 aliphatic rings. The summed E-state index contributed by atoms with van der Waals surface area (Å²) in [4.78, 5) is 0. The fourth-order valence-electron chi connectivity index (χ4n) is 2.10. The van der Waals surface area contributed by atoms with Crippen LogP contribution in [0.3, 0.4) is 0 Å². The van der Waals surface area contributed by atoms with Crippen molar-refractivity contribution in [3.8, 4) is 5.75 Å². The van der Waals surface area contributed by atoms with Gasteiger partial charge in [-0.2, -0.15) is 0 Å². The molecule has 0 atom stereocenters. The molecule has 3 heteroatoms. The van der Waals surface area contributed by atoms with Crippen molar-refractivity contribution in [2.45, 2.75) is 33.6 Å². The molecular weight excluding hydrogens is 238 g/mol. The van der Waals surface area contributed by atoms with Gasteiger partial charge in [0, 0.05) is 12.5 Å². The summed E-state index contributed by atoms with van der Waals surface area (Å²) in [6, 6.07) is 8.29. The molecule has 1 aromatic carbocycles. The molecule has 0 saturated heterocycles. The van der Waals surface area contributed by atoms with Gasteiger partial charge >= 0.3 is 0 Å². The van der Waals surface area contributed by atoms with E-state index in [4.69, 9.17) is 9.26 Å². The molecule has 0 aliphatic carbocycles. The lowest BCUT2D eigenvalue weighted by atomic mass is 10.0. The summed E-state index contributed by atoms with van der Waals surface area (Å²) in [6.45, 7) is 7.17. The zero-order chi connectivity index (χ0) is 13.7. The predicted octanol–water partition coefficient (Wildman–Crippen LogP) is 3.80. The van der Waals surface area contributed by atoms with E-state index in [2.05, 4.69) is 44.1 Å². The van der Waals surface area contributed by atoms with E-state index in [9.17, 15) is 0 Å². The van der Waals surface area contributed by atoms with Crippen molar-refractivity contribution in [3.63, 3.8) is 0 Å². The molecule has 19 heavy (non-hydrogen) atoms. The Balaban J connectivity index is 1.90. The fraction of sp³-hybridized carbons (Fsp3) is 0.438. The maximum Gasteiger partial charge on any atom is 0.140 e. The highest BCUT2D eigenvalue weighted by molar-refractivity contribution is 5.36. The Morgan fingerprint density at radius 1 is 1.26 bits per heavy atom. The quantitative estimate of drug-likeness (QED) is 0.791. The van der Waals surface area contributed by atoms with Gasteiger partial charge in [-0.15, -0.1) is 0 Å². The minimum atomic E-state index is 0.611. The third kappa shape index (κ3) is 4.12. The topological polar surface area (TPSA) is 35.3 Å². The molecule has 0 aliphatic heterocycles. The third-order valence-electron chi connectivity index (χ3n) is 2.98. The summed E-state index contributed by atoms with van der Waals surface area (Å²) < 4.78 is 10.8. The summed E-state index contributed by atoms with van der Waals surface area (Å²) in [6.07, 6.45) is 3.51. The van der Waals surface area contributed by atoms with E-state index >= 15 is 0 Å². The van der Waals surface area contributed by atoms with E-state index in [1.165, 1.54) is 11.1 Å². The summed E-state index contributed by atoms with van der Waals surface area (Å²) in [5.74, 6) is 2.48. The van der Waals surface area contributed by atoms with Gasteiger partial charge in [-0.1, -0.05) is 31.1 Å². The van der Waals surface area contributed by atoms with Crippen LogP contribution >= 0.6 is 0 Å². The largest absolute Gasteiger partial charge is 0.493 e. The van der Waals surface area contributed by atoms with Crippen LogP contribution < -0.4 is 4.74 Å². The maximum absolute atomic E-state index is 5.78. The van der Waals surface area contributed by atoms with E-state index in [0.717, 1.165) is 24.4 Å². The van der Waals surface area contributed by atoms with Gasteiger partial charge in [-0.3, -0.25) is 0 Å². The first-order valence-corrected chi connectivity index (χ1v) is 6.77. The smallest absolute Gasteiger partial charge is 0.140 e. The lowest BCUT2D eigenvalue weighted by Gasteiger charge is -2.11. The molecule has 2 rings (SSSR count). The fourth-order valence-corrected chi connectivity index (χ4v) is 2.10. The Labute approximate surface area is 114 Å². The zero-order valence-electron chi connectivity index (χ0n) is 11.8. The number of ether oxygens (including phenoxy) is 1. The van der Waals surface area contributed by atoms with Crippen LogP contribution in [0.4, 0.5) is 0 Å². The molecule has 3 nitrogen and oxygen atoms in total. The van der Waals surface area contributed by atoms with Crippen molar-refractivity contribution in [2.75, 3.05) is 6.61 Å². The molecule has 2 aromatic rings. The molecule has 0 bridgehead atoms. The van der Waals surface area contributed by atoms with Gasteiger partial charge in [-0.25, -0.2) is 0 Å². The molecule has 0 fully saturated rings. The van der Waals surface area contributed by atoms with Crippen molar-refractivity contribution in [3.05, 3.63) is 47.3 Å². The number of rotatable bonds is 6. The number of aryl methyl sites for hydroxylation is 1. The van der Waals surface area contributed by atoms with Gasteiger partial charge in [0.05, 0.1) is 12.8 Å². The normalized spacial score (nSPS) is 10.9. The van der Waals surface area contributed by atoms with Crippen LogP contribution in [0.25, 0.3) is 0 Å². The predicted molar refractivity (Wildman–Crippen MR) is 75.4 cm³/mol. The SMILES string of the molecule is Cc1cc(CC(C)C)ccc1OCCc1ccno1. The molecule has 102 valence electrons. The first kappa shape index (κ1) is 13.7. The molecule has 0 unspecified atom stereocenters. The monoisotopic (exact) mass is 259 g/mol. The van der Waals surface area contributed by atoms with E-state index in [1.54, 1.807) is 6.20 Å². The molecule has 0 spiro atoms. The van der Waals surface area contributed by atoms with E-state index in [-0.39, 0.29) is 0 Å². The van der Waals surface area contributed by atoms with Gasteiger partial charge in [0.2, 0.25) is 0 Å². The highest BCUT2D eigenvalue weighted by Gasteiger charge is 2.04. The van der Waals surface area contributed by atoms with E-state index < -0.39 is 0 Å². The minimum absolute atomic E-state index is 0.611. The van der Waals surface area contributed by atoms with Crippen LogP contribution in [0.15, 0.2) is 35.0 Å². The van der Waals surface area contributed by atoms with Crippen molar-refractivity contribution >= 4 is 0 Å². The summed E-state index contributed by atoms with van der Waals surface area (Å²) in [5.41, 5.74) is 2.56. The van der Waals surface area contributed by atoms with Crippen molar-refractivity contribution < 1.29 is 9.26 Å². The van der Waals surface area contributed by atoms with E-state index in [1.807, 2.05) is 6.07 Å². The van der Waals surface area contributed by atoms with Crippen LogP contribution in [0.1, 0.15) is 30.7 Å². The van der Waals surface area contributed by atoms with Crippen molar-refractivity contribution in [1.82, 2.24) is 5.16 Å². The van der Waals surface area contributed by atoms with Crippen LogP contribution in [0.5, 0.6) is 5.75 Å². The average Bonchev–Trinajstić information content (AvgIpc) is 2.84. The molecule has 0 N–H and O–H groups in total. The first-order chi connectivity index (χ1) is 9.15. The second kappa shape index (κ2) is 6.41. The molecule has 1 heterocycles. The third-order valence-corrected chi connectivity index (χ3v) is 2.98. The van der Waals surface area contributed by atoms with Gasteiger partial charge in [0.15, 0.2) is 0 Å². The molecular formula is C16H21NO2. The second-order valence-electron chi connectivity index (χ2n) is 5.28. The van der Waals surface area contributed by atoms with Gasteiger partial charge in [0.25, 0.3) is 0 Å². The van der Waals surface area contributed by atoms with Crippen LogP contribution in [-0.2, 0) is 12.8 Å². The van der Waals surface area contributed by atoms with Gasteiger partial charge in [-0.05, 0) is 36.5 Å². The molecule has 1 aromatic heterocycles. The lowest BCUT2D eigenvalue weighted by Crippen LogP contribution is -2.02. The molecule has 0 radical (unpaired) electrons. The average molecular weight is 259 g/mol. The van der Waals surface area contributed by atoms with E-state index in [0.29, 0.717) is 12.5 Å². The summed E-state index contributed by atoms with van der Waals surface area (Å²) in [7, 11) is 0.